The number of halogens is 1. The summed E-state index contributed by atoms with van der Waals surface area (Å²) in [6.07, 6.45) is 3.61. The van der Waals surface area contributed by atoms with Gasteiger partial charge < -0.3 is 15.2 Å². The number of hydrogen-bond donors (Lipinski definition) is 2. The first kappa shape index (κ1) is 20.6. The fourth-order valence-corrected chi connectivity index (χ4v) is 3.34. The molecule has 2 N–H and O–H groups in total. The predicted molar refractivity (Wildman–Crippen MR) is 112 cm³/mol. The van der Waals surface area contributed by atoms with E-state index in [1.807, 2.05) is 24.4 Å². The van der Waals surface area contributed by atoms with Crippen molar-refractivity contribution in [2.45, 2.75) is 26.2 Å². The van der Waals surface area contributed by atoms with Crippen LogP contribution in [0.2, 0.25) is 0 Å². The molecule has 1 aromatic heterocycles. The lowest BCUT2D eigenvalue weighted by atomic mass is 10.1. The molecule has 0 atom stereocenters. The van der Waals surface area contributed by atoms with Gasteiger partial charge in [-0.3, -0.25) is 9.59 Å². The van der Waals surface area contributed by atoms with E-state index in [-0.39, 0.29) is 24.1 Å². The number of H-pyrrole nitrogens is 1. The highest BCUT2D eigenvalue weighted by atomic mass is 19.1. The second-order valence-electron chi connectivity index (χ2n) is 7.09. The number of nitrogens with zero attached hydrogens (tertiary/aromatic N) is 1. The van der Waals surface area contributed by atoms with Gasteiger partial charge in [-0.2, -0.15) is 0 Å². The number of amides is 2. The SMILES string of the molecule is CC(=O)N(CCC(=O)NCCc1ccc(F)cc1)CCc1c[nH]c2ccccc12. The smallest absolute Gasteiger partial charge is 0.221 e. The molecule has 1 heterocycles. The van der Waals surface area contributed by atoms with Crippen molar-refractivity contribution in [3.8, 4) is 0 Å². The van der Waals surface area contributed by atoms with Crippen molar-refractivity contribution >= 4 is 22.7 Å². The molecule has 2 amide bonds. The fourth-order valence-electron chi connectivity index (χ4n) is 3.34. The maximum Gasteiger partial charge on any atom is 0.221 e. The van der Waals surface area contributed by atoms with Gasteiger partial charge >= 0.3 is 0 Å². The quantitative estimate of drug-likeness (QED) is 0.583. The molecule has 5 nitrogen and oxygen atoms in total. The molecular weight excluding hydrogens is 369 g/mol. The summed E-state index contributed by atoms with van der Waals surface area (Å²) in [6.45, 7) is 2.97. The molecule has 6 heteroatoms. The summed E-state index contributed by atoms with van der Waals surface area (Å²) in [4.78, 5) is 29.0. The van der Waals surface area contributed by atoms with Gasteiger partial charge in [0.25, 0.3) is 0 Å². The van der Waals surface area contributed by atoms with Crippen molar-refractivity contribution in [1.29, 1.82) is 0 Å². The first-order valence-corrected chi connectivity index (χ1v) is 9.84. The first-order valence-electron chi connectivity index (χ1n) is 9.84. The Hall–Kier alpha value is -3.15. The van der Waals surface area contributed by atoms with Gasteiger partial charge in [-0.15, -0.1) is 0 Å². The minimum Gasteiger partial charge on any atom is -0.361 e. The minimum absolute atomic E-state index is 0.0380. The van der Waals surface area contributed by atoms with E-state index in [0.717, 1.165) is 28.5 Å². The summed E-state index contributed by atoms with van der Waals surface area (Å²) < 4.78 is 12.9. The third-order valence-corrected chi connectivity index (χ3v) is 5.03. The summed E-state index contributed by atoms with van der Waals surface area (Å²) in [6, 6.07) is 14.3. The summed E-state index contributed by atoms with van der Waals surface area (Å²) in [5, 5.41) is 4.02. The largest absolute Gasteiger partial charge is 0.361 e. The van der Waals surface area contributed by atoms with Gasteiger partial charge in [0.05, 0.1) is 0 Å². The van der Waals surface area contributed by atoms with Gasteiger partial charge in [-0.05, 0) is 42.2 Å². The van der Waals surface area contributed by atoms with Gasteiger partial charge in [0, 0.05) is 50.1 Å². The second kappa shape index (κ2) is 9.87. The molecule has 29 heavy (non-hydrogen) atoms. The Kier molecular flexibility index (Phi) is 7.00. The number of carbonyl (C=O) groups excluding carboxylic acids is 2. The topological polar surface area (TPSA) is 65.2 Å². The van der Waals surface area contributed by atoms with E-state index in [9.17, 15) is 14.0 Å². The van der Waals surface area contributed by atoms with E-state index in [2.05, 4.69) is 16.4 Å². The standard InChI is InChI=1S/C23H26FN3O2/c1-17(28)27(14-11-19-16-26-22-5-3-2-4-21(19)22)15-12-23(29)25-13-10-18-6-8-20(24)9-7-18/h2-9,16,26H,10-15H2,1H3,(H,25,29). The number of benzene rings is 2. The second-order valence-corrected chi connectivity index (χ2v) is 7.09. The van der Waals surface area contributed by atoms with Crippen molar-refractivity contribution in [3.05, 3.63) is 71.7 Å². The van der Waals surface area contributed by atoms with Crippen LogP contribution in [0.5, 0.6) is 0 Å². The fraction of sp³-hybridized carbons (Fsp3) is 0.304. The van der Waals surface area contributed by atoms with E-state index in [1.165, 1.54) is 19.1 Å². The normalized spacial score (nSPS) is 10.8. The molecule has 0 radical (unpaired) electrons. The van der Waals surface area contributed by atoms with Crippen LogP contribution in [0.25, 0.3) is 10.9 Å². The average Bonchev–Trinajstić information content (AvgIpc) is 3.12. The monoisotopic (exact) mass is 395 g/mol. The number of carbonyl (C=O) groups is 2. The lowest BCUT2D eigenvalue weighted by Gasteiger charge is -2.20. The molecule has 0 spiro atoms. The van der Waals surface area contributed by atoms with E-state index >= 15 is 0 Å². The van der Waals surface area contributed by atoms with Crippen molar-refractivity contribution in [2.75, 3.05) is 19.6 Å². The summed E-state index contributed by atoms with van der Waals surface area (Å²) >= 11 is 0. The maximum absolute atomic E-state index is 12.9. The number of para-hydroxylation sites is 1. The molecule has 0 aliphatic heterocycles. The van der Waals surface area contributed by atoms with Gasteiger partial charge in [0.15, 0.2) is 0 Å². The lowest BCUT2D eigenvalue weighted by Crippen LogP contribution is -2.35. The van der Waals surface area contributed by atoms with Crippen LogP contribution in [-0.4, -0.2) is 41.3 Å². The van der Waals surface area contributed by atoms with E-state index < -0.39 is 0 Å². The van der Waals surface area contributed by atoms with Crippen molar-refractivity contribution < 1.29 is 14.0 Å². The van der Waals surface area contributed by atoms with Crippen LogP contribution in [0, 0.1) is 5.82 Å². The third kappa shape index (κ3) is 5.91. The highest BCUT2D eigenvalue weighted by Crippen LogP contribution is 2.18. The average molecular weight is 395 g/mol. The highest BCUT2D eigenvalue weighted by molar-refractivity contribution is 5.83. The van der Waals surface area contributed by atoms with Crippen LogP contribution >= 0.6 is 0 Å². The highest BCUT2D eigenvalue weighted by Gasteiger charge is 2.12. The summed E-state index contributed by atoms with van der Waals surface area (Å²) in [5.74, 6) is -0.399. The molecule has 152 valence electrons. The molecule has 0 fully saturated rings. The zero-order valence-electron chi connectivity index (χ0n) is 16.6. The predicted octanol–water partition coefficient (Wildman–Crippen LogP) is 3.45. The molecule has 0 aliphatic carbocycles. The molecule has 2 aromatic carbocycles. The Morgan fingerprint density at radius 1 is 1.03 bits per heavy atom. The Morgan fingerprint density at radius 2 is 1.79 bits per heavy atom. The molecular formula is C23H26FN3O2. The van der Waals surface area contributed by atoms with Crippen LogP contribution < -0.4 is 5.32 Å². The number of aromatic nitrogens is 1. The lowest BCUT2D eigenvalue weighted by molar-refractivity contribution is -0.129. The summed E-state index contributed by atoms with van der Waals surface area (Å²) in [5.41, 5.74) is 3.21. The number of hydrogen-bond acceptors (Lipinski definition) is 2. The third-order valence-electron chi connectivity index (χ3n) is 5.03. The van der Waals surface area contributed by atoms with Crippen LogP contribution in [0.15, 0.2) is 54.7 Å². The number of rotatable bonds is 9. The van der Waals surface area contributed by atoms with Gasteiger partial charge in [-0.25, -0.2) is 4.39 Å². The number of fused-ring (bicyclic) bond motifs is 1. The van der Waals surface area contributed by atoms with E-state index in [1.54, 1.807) is 17.0 Å². The van der Waals surface area contributed by atoms with Crippen molar-refractivity contribution in [1.82, 2.24) is 15.2 Å². The first-order chi connectivity index (χ1) is 14.0. The Labute approximate surface area is 169 Å². The number of nitrogens with one attached hydrogen (secondary N) is 2. The molecule has 0 saturated carbocycles. The van der Waals surface area contributed by atoms with Crippen LogP contribution in [0.1, 0.15) is 24.5 Å². The number of aromatic amines is 1. The van der Waals surface area contributed by atoms with Crippen LogP contribution in [-0.2, 0) is 22.4 Å². The van der Waals surface area contributed by atoms with E-state index in [0.29, 0.717) is 26.1 Å². The zero-order chi connectivity index (χ0) is 20.6. The van der Waals surface area contributed by atoms with Gasteiger partial charge in [-0.1, -0.05) is 30.3 Å². The maximum atomic E-state index is 12.9. The molecule has 3 aromatic rings. The molecule has 3 rings (SSSR count). The molecule has 0 aliphatic rings. The van der Waals surface area contributed by atoms with Crippen LogP contribution in [0.3, 0.4) is 0 Å². The van der Waals surface area contributed by atoms with Crippen molar-refractivity contribution in [2.24, 2.45) is 0 Å². The Bertz CT molecular complexity index is 966. The zero-order valence-corrected chi connectivity index (χ0v) is 16.6. The summed E-state index contributed by atoms with van der Waals surface area (Å²) in [7, 11) is 0. The van der Waals surface area contributed by atoms with Crippen molar-refractivity contribution in [3.63, 3.8) is 0 Å². The molecule has 0 bridgehead atoms. The Morgan fingerprint density at radius 3 is 2.55 bits per heavy atom. The van der Waals surface area contributed by atoms with Crippen LogP contribution in [0.4, 0.5) is 4.39 Å². The van der Waals surface area contributed by atoms with E-state index in [4.69, 9.17) is 0 Å². The van der Waals surface area contributed by atoms with Gasteiger partial charge in [0.2, 0.25) is 11.8 Å². The molecule has 0 saturated heterocycles. The van der Waals surface area contributed by atoms with Gasteiger partial charge in [0.1, 0.15) is 5.82 Å². The molecule has 0 unspecified atom stereocenters. The minimum atomic E-state index is -0.269. The Balaban J connectivity index is 1.43.